The standard InChI is InChI=1S/C11H16N4OS/c1-2-9-5-6-10(17-9)11(16)13-7-3-4-8-14-15-12/h5-6H,2-4,7-8H2,1H3,(H,13,16). The number of hydrogen-bond donors (Lipinski definition) is 1. The second-order valence-electron chi connectivity index (χ2n) is 3.54. The van der Waals surface area contributed by atoms with Crippen LogP contribution in [0.25, 0.3) is 10.4 Å². The van der Waals surface area contributed by atoms with Crippen molar-refractivity contribution in [3.63, 3.8) is 0 Å². The largest absolute Gasteiger partial charge is 0.351 e. The van der Waals surface area contributed by atoms with Crippen LogP contribution in [-0.2, 0) is 6.42 Å². The lowest BCUT2D eigenvalue weighted by molar-refractivity contribution is 0.0957. The van der Waals surface area contributed by atoms with Crippen molar-refractivity contribution in [1.29, 1.82) is 0 Å². The zero-order chi connectivity index (χ0) is 12.5. The fraction of sp³-hybridized carbons (Fsp3) is 0.545. The van der Waals surface area contributed by atoms with Crippen LogP contribution in [0.3, 0.4) is 0 Å². The van der Waals surface area contributed by atoms with Gasteiger partial charge in [0.2, 0.25) is 0 Å². The first-order valence-corrected chi connectivity index (χ1v) is 6.47. The van der Waals surface area contributed by atoms with E-state index in [4.69, 9.17) is 5.53 Å². The van der Waals surface area contributed by atoms with Crippen molar-refractivity contribution in [2.75, 3.05) is 13.1 Å². The highest BCUT2D eigenvalue weighted by Gasteiger charge is 2.07. The molecule has 0 aromatic carbocycles. The van der Waals surface area contributed by atoms with Crippen molar-refractivity contribution < 1.29 is 4.79 Å². The van der Waals surface area contributed by atoms with Gasteiger partial charge in [-0.05, 0) is 36.9 Å². The number of hydrogen-bond acceptors (Lipinski definition) is 3. The van der Waals surface area contributed by atoms with Crippen molar-refractivity contribution in [3.05, 3.63) is 32.3 Å². The summed E-state index contributed by atoms with van der Waals surface area (Å²) in [4.78, 5) is 16.3. The molecule has 0 bridgehead atoms. The number of unbranched alkanes of at least 4 members (excludes halogenated alkanes) is 1. The Labute approximate surface area is 104 Å². The first-order valence-electron chi connectivity index (χ1n) is 5.65. The van der Waals surface area contributed by atoms with E-state index in [1.165, 1.54) is 16.2 Å². The zero-order valence-electron chi connectivity index (χ0n) is 9.85. The summed E-state index contributed by atoms with van der Waals surface area (Å²) in [6.45, 7) is 3.19. The van der Waals surface area contributed by atoms with Gasteiger partial charge in [-0.2, -0.15) is 0 Å². The Morgan fingerprint density at radius 3 is 3.00 bits per heavy atom. The molecule has 0 aliphatic carbocycles. The van der Waals surface area contributed by atoms with Crippen LogP contribution in [0.15, 0.2) is 17.2 Å². The van der Waals surface area contributed by atoms with Gasteiger partial charge in [0, 0.05) is 22.9 Å². The third-order valence-electron chi connectivity index (χ3n) is 2.27. The molecule has 1 rings (SSSR count). The number of azide groups is 1. The molecule has 0 saturated carbocycles. The van der Waals surface area contributed by atoms with Gasteiger partial charge in [0.1, 0.15) is 0 Å². The average Bonchev–Trinajstić information content (AvgIpc) is 2.82. The molecule has 17 heavy (non-hydrogen) atoms. The normalized spacial score (nSPS) is 9.71. The predicted octanol–water partition coefficient (Wildman–Crippen LogP) is 3.13. The topological polar surface area (TPSA) is 77.9 Å². The predicted molar refractivity (Wildman–Crippen MR) is 69.3 cm³/mol. The van der Waals surface area contributed by atoms with Crippen LogP contribution in [0, 0.1) is 0 Å². The summed E-state index contributed by atoms with van der Waals surface area (Å²) in [6, 6.07) is 3.85. The Kier molecular flexibility index (Phi) is 6.14. The summed E-state index contributed by atoms with van der Waals surface area (Å²) >= 11 is 1.53. The first-order chi connectivity index (χ1) is 8.27. The summed E-state index contributed by atoms with van der Waals surface area (Å²) in [5, 5.41) is 6.28. The van der Waals surface area contributed by atoms with Crippen LogP contribution in [0.4, 0.5) is 0 Å². The molecule has 0 saturated heterocycles. The van der Waals surface area contributed by atoms with E-state index in [-0.39, 0.29) is 5.91 Å². The molecule has 5 nitrogen and oxygen atoms in total. The van der Waals surface area contributed by atoms with E-state index >= 15 is 0 Å². The number of nitrogens with zero attached hydrogens (tertiary/aromatic N) is 3. The smallest absolute Gasteiger partial charge is 0.261 e. The minimum absolute atomic E-state index is 0.0153. The third kappa shape index (κ3) is 4.89. The SMILES string of the molecule is CCc1ccc(C(=O)NCCCCN=[N+]=[N-])s1. The maximum absolute atomic E-state index is 11.7. The molecular weight excluding hydrogens is 236 g/mol. The molecule has 6 heteroatoms. The van der Waals surface area contributed by atoms with Crippen LogP contribution in [0.1, 0.15) is 34.3 Å². The highest BCUT2D eigenvalue weighted by atomic mass is 32.1. The van der Waals surface area contributed by atoms with Gasteiger partial charge in [0.15, 0.2) is 0 Å². The molecule has 0 fully saturated rings. The molecule has 0 radical (unpaired) electrons. The molecular formula is C11H16N4OS. The van der Waals surface area contributed by atoms with Gasteiger partial charge < -0.3 is 5.32 Å². The lowest BCUT2D eigenvalue weighted by Gasteiger charge is -2.01. The van der Waals surface area contributed by atoms with Crippen molar-refractivity contribution in [2.45, 2.75) is 26.2 Å². The maximum atomic E-state index is 11.7. The molecule has 0 aliphatic heterocycles. The fourth-order valence-electron chi connectivity index (χ4n) is 1.33. The Morgan fingerprint density at radius 1 is 1.53 bits per heavy atom. The summed E-state index contributed by atoms with van der Waals surface area (Å²) < 4.78 is 0. The quantitative estimate of drug-likeness (QED) is 0.344. The number of thiophene rings is 1. The lowest BCUT2D eigenvalue weighted by atomic mass is 10.3. The number of nitrogens with one attached hydrogen (secondary N) is 1. The Bertz CT molecular complexity index is 409. The number of amides is 1. The minimum atomic E-state index is -0.0153. The van der Waals surface area contributed by atoms with Crippen molar-refractivity contribution in [2.24, 2.45) is 5.11 Å². The van der Waals surface area contributed by atoms with Gasteiger partial charge in [-0.25, -0.2) is 0 Å². The van der Waals surface area contributed by atoms with Crippen molar-refractivity contribution in [3.8, 4) is 0 Å². The van der Waals surface area contributed by atoms with Crippen molar-refractivity contribution in [1.82, 2.24) is 5.32 Å². The molecule has 92 valence electrons. The van der Waals surface area contributed by atoms with Gasteiger partial charge in [0.05, 0.1) is 4.88 Å². The van der Waals surface area contributed by atoms with Gasteiger partial charge in [-0.1, -0.05) is 12.0 Å². The summed E-state index contributed by atoms with van der Waals surface area (Å²) in [6.07, 6.45) is 2.59. The second-order valence-corrected chi connectivity index (χ2v) is 4.71. The highest BCUT2D eigenvalue weighted by molar-refractivity contribution is 7.14. The number of carbonyl (C=O) groups excluding carboxylic acids is 1. The molecule has 0 spiro atoms. The van der Waals surface area contributed by atoms with Crippen LogP contribution >= 0.6 is 11.3 Å². The lowest BCUT2D eigenvalue weighted by Crippen LogP contribution is -2.23. The van der Waals surface area contributed by atoms with Gasteiger partial charge in [-0.15, -0.1) is 11.3 Å². The summed E-state index contributed by atoms with van der Waals surface area (Å²) in [7, 11) is 0. The minimum Gasteiger partial charge on any atom is -0.351 e. The van der Waals surface area contributed by atoms with Gasteiger partial charge in [0.25, 0.3) is 5.91 Å². The molecule has 0 atom stereocenters. The van der Waals surface area contributed by atoms with Gasteiger partial charge >= 0.3 is 0 Å². The highest BCUT2D eigenvalue weighted by Crippen LogP contribution is 2.16. The van der Waals surface area contributed by atoms with E-state index in [0.29, 0.717) is 13.1 Å². The molecule has 1 aromatic rings. The van der Waals surface area contributed by atoms with Crippen LogP contribution in [0.2, 0.25) is 0 Å². The number of rotatable bonds is 7. The summed E-state index contributed by atoms with van der Waals surface area (Å²) in [5.41, 5.74) is 8.08. The second kappa shape index (κ2) is 7.70. The molecule has 1 N–H and O–H groups in total. The van der Waals surface area contributed by atoms with Crippen LogP contribution in [-0.4, -0.2) is 19.0 Å². The summed E-state index contributed by atoms with van der Waals surface area (Å²) in [5.74, 6) is -0.0153. The maximum Gasteiger partial charge on any atom is 0.261 e. The Morgan fingerprint density at radius 2 is 2.35 bits per heavy atom. The van der Waals surface area contributed by atoms with E-state index in [0.717, 1.165) is 24.1 Å². The monoisotopic (exact) mass is 252 g/mol. The fourth-order valence-corrected chi connectivity index (χ4v) is 2.20. The molecule has 0 unspecified atom stereocenters. The average molecular weight is 252 g/mol. The number of aryl methyl sites for hydroxylation is 1. The Balaban J connectivity index is 2.23. The van der Waals surface area contributed by atoms with Gasteiger partial charge in [-0.3, -0.25) is 4.79 Å². The molecule has 1 aromatic heterocycles. The van der Waals surface area contributed by atoms with E-state index in [1.807, 2.05) is 12.1 Å². The molecule has 1 amide bonds. The third-order valence-corrected chi connectivity index (χ3v) is 3.50. The Hall–Kier alpha value is -1.52. The van der Waals surface area contributed by atoms with E-state index < -0.39 is 0 Å². The first kappa shape index (κ1) is 13.5. The van der Waals surface area contributed by atoms with E-state index in [2.05, 4.69) is 22.3 Å². The number of carbonyl (C=O) groups is 1. The van der Waals surface area contributed by atoms with Crippen molar-refractivity contribution >= 4 is 17.2 Å². The van der Waals surface area contributed by atoms with Crippen LogP contribution in [0.5, 0.6) is 0 Å². The van der Waals surface area contributed by atoms with E-state index in [1.54, 1.807) is 0 Å². The zero-order valence-corrected chi connectivity index (χ0v) is 10.7. The molecule has 1 heterocycles. The van der Waals surface area contributed by atoms with Crippen LogP contribution < -0.4 is 5.32 Å². The van der Waals surface area contributed by atoms with E-state index in [9.17, 15) is 4.79 Å². The molecule has 0 aliphatic rings.